The van der Waals surface area contributed by atoms with Gasteiger partial charge in [-0.25, -0.2) is 8.42 Å². The quantitative estimate of drug-likeness (QED) is 0.412. The van der Waals surface area contributed by atoms with Crippen LogP contribution in [0.1, 0.15) is 30.0 Å². The first kappa shape index (κ1) is 27.9. The highest BCUT2D eigenvalue weighted by molar-refractivity contribution is 7.92. The van der Waals surface area contributed by atoms with Gasteiger partial charge in [0, 0.05) is 13.6 Å². The molecule has 0 saturated carbocycles. The lowest BCUT2D eigenvalue weighted by atomic mass is 10.1. The Morgan fingerprint density at radius 2 is 1.54 bits per heavy atom. The summed E-state index contributed by atoms with van der Waals surface area (Å²) in [7, 11) is -2.53. The van der Waals surface area contributed by atoms with Crippen LogP contribution in [0.15, 0.2) is 83.8 Å². The summed E-state index contributed by atoms with van der Waals surface area (Å²) in [4.78, 5) is 28.2. The molecule has 1 atom stereocenters. The van der Waals surface area contributed by atoms with Crippen LogP contribution in [0, 0.1) is 13.8 Å². The molecule has 0 radical (unpaired) electrons. The van der Waals surface area contributed by atoms with Crippen LogP contribution in [0.5, 0.6) is 0 Å². The number of aryl methyl sites for hydroxylation is 2. The molecule has 0 aliphatic carbocycles. The number of anilines is 1. The molecule has 1 N–H and O–H groups in total. The lowest BCUT2D eigenvalue weighted by Crippen LogP contribution is -2.52. The summed E-state index contributed by atoms with van der Waals surface area (Å²) in [6.45, 7) is 5.39. The van der Waals surface area contributed by atoms with Gasteiger partial charge < -0.3 is 10.2 Å². The van der Waals surface area contributed by atoms with Crippen LogP contribution >= 0.6 is 0 Å². The molecule has 7 nitrogen and oxygen atoms in total. The second-order valence-corrected chi connectivity index (χ2v) is 10.8. The van der Waals surface area contributed by atoms with E-state index >= 15 is 0 Å². The Bertz CT molecular complexity index is 1310. The first-order valence-corrected chi connectivity index (χ1v) is 13.8. The third kappa shape index (κ3) is 6.77. The molecule has 0 aliphatic heterocycles. The molecule has 3 rings (SSSR count). The van der Waals surface area contributed by atoms with E-state index in [-0.39, 0.29) is 17.3 Å². The summed E-state index contributed by atoms with van der Waals surface area (Å²) < 4.78 is 28.8. The molecule has 0 heterocycles. The van der Waals surface area contributed by atoms with E-state index in [9.17, 15) is 18.0 Å². The van der Waals surface area contributed by atoms with Crippen molar-refractivity contribution in [1.82, 2.24) is 10.2 Å². The number of sulfonamides is 1. The van der Waals surface area contributed by atoms with Crippen LogP contribution in [0.25, 0.3) is 0 Å². The Morgan fingerprint density at radius 3 is 2.14 bits per heavy atom. The molecule has 0 unspecified atom stereocenters. The van der Waals surface area contributed by atoms with Gasteiger partial charge in [0.05, 0.1) is 10.6 Å². The fourth-order valence-corrected chi connectivity index (χ4v) is 5.78. The van der Waals surface area contributed by atoms with Gasteiger partial charge in [0.25, 0.3) is 10.0 Å². The summed E-state index contributed by atoms with van der Waals surface area (Å²) in [5.41, 5.74) is 3.06. The van der Waals surface area contributed by atoms with Crippen molar-refractivity contribution >= 4 is 27.5 Å². The zero-order chi connectivity index (χ0) is 27.0. The molecule has 0 aliphatic rings. The maximum absolute atomic E-state index is 13.9. The SMILES string of the molecule is CC[C@H](C(=O)NC)N(CCc1ccccc1)C(=O)CN(c1cc(C)ccc1C)S(=O)(=O)c1ccccc1. The van der Waals surface area contributed by atoms with E-state index in [1.54, 1.807) is 24.3 Å². The van der Waals surface area contributed by atoms with Crippen LogP contribution in [0.4, 0.5) is 5.69 Å². The Hall–Kier alpha value is -3.65. The molecule has 0 fully saturated rings. The molecule has 0 aromatic heterocycles. The Kier molecular flexibility index (Phi) is 9.47. The molecule has 196 valence electrons. The van der Waals surface area contributed by atoms with Crippen molar-refractivity contribution in [2.24, 2.45) is 0 Å². The normalized spacial score (nSPS) is 12.0. The number of carbonyl (C=O) groups excluding carboxylic acids is 2. The van der Waals surface area contributed by atoms with Crippen LogP contribution in [0.3, 0.4) is 0 Å². The average Bonchev–Trinajstić information content (AvgIpc) is 2.91. The summed E-state index contributed by atoms with van der Waals surface area (Å²) >= 11 is 0. The molecule has 8 heteroatoms. The zero-order valence-corrected chi connectivity index (χ0v) is 22.7. The number of nitrogens with zero attached hydrogens (tertiary/aromatic N) is 2. The number of rotatable bonds is 11. The van der Waals surface area contributed by atoms with E-state index < -0.39 is 28.5 Å². The molecular weight excluding hydrogens is 486 g/mol. The van der Waals surface area contributed by atoms with Gasteiger partial charge in [0.1, 0.15) is 12.6 Å². The molecular formula is C29H35N3O4S. The van der Waals surface area contributed by atoms with Gasteiger partial charge in [0.2, 0.25) is 11.8 Å². The van der Waals surface area contributed by atoms with Crippen molar-refractivity contribution < 1.29 is 18.0 Å². The zero-order valence-electron chi connectivity index (χ0n) is 21.8. The minimum atomic E-state index is -4.06. The molecule has 0 saturated heterocycles. The molecule has 3 aromatic carbocycles. The number of carbonyl (C=O) groups is 2. The van der Waals surface area contributed by atoms with E-state index in [0.717, 1.165) is 16.7 Å². The minimum Gasteiger partial charge on any atom is -0.357 e. The third-order valence-corrected chi connectivity index (χ3v) is 8.13. The number of likely N-dealkylation sites (N-methyl/N-ethyl adjacent to an activating group) is 1. The molecule has 37 heavy (non-hydrogen) atoms. The van der Waals surface area contributed by atoms with Crippen molar-refractivity contribution in [3.63, 3.8) is 0 Å². The predicted octanol–water partition coefficient (Wildman–Crippen LogP) is 4.09. The number of amides is 2. The van der Waals surface area contributed by atoms with E-state index in [1.807, 2.05) is 63.2 Å². The summed E-state index contributed by atoms with van der Waals surface area (Å²) in [5, 5.41) is 2.64. The average molecular weight is 522 g/mol. The van der Waals surface area contributed by atoms with Gasteiger partial charge in [-0.05, 0) is 61.6 Å². The molecule has 0 bridgehead atoms. The molecule has 3 aromatic rings. The smallest absolute Gasteiger partial charge is 0.264 e. The number of hydrogen-bond donors (Lipinski definition) is 1. The van der Waals surface area contributed by atoms with E-state index in [2.05, 4.69) is 5.32 Å². The highest BCUT2D eigenvalue weighted by atomic mass is 32.2. The minimum absolute atomic E-state index is 0.0953. The van der Waals surface area contributed by atoms with Crippen molar-refractivity contribution in [2.45, 2.75) is 44.6 Å². The van der Waals surface area contributed by atoms with Crippen molar-refractivity contribution in [3.8, 4) is 0 Å². The van der Waals surface area contributed by atoms with Crippen molar-refractivity contribution in [3.05, 3.63) is 95.6 Å². The van der Waals surface area contributed by atoms with Crippen molar-refractivity contribution in [2.75, 3.05) is 24.4 Å². The maximum atomic E-state index is 13.9. The summed E-state index contributed by atoms with van der Waals surface area (Å²) in [6.07, 6.45) is 0.935. The van der Waals surface area contributed by atoms with Crippen LogP contribution < -0.4 is 9.62 Å². The third-order valence-electron chi connectivity index (χ3n) is 6.36. The van der Waals surface area contributed by atoms with Gasteiger partial charge in [0.15, 0.2) is 0 Å². The largest absolute Gasteiger partial charge is 0.357 e. The predicted molar refractivity (Wildman–Crippen MR) is 147 cm³/mol. The monoisotopic (exact) mass is 521 g/mol. The van der Waals surface area contributed by atoms with Gasteiger partial charge in [-0.1, -0.05) is 67.6 Å². The summed E-state index contributed by atoms with van der Waals surface area (Å²) in [6, 6.07) is 22.6. The Labute approximate surface area is 220 Å². The standard InChI is InChI=1S/C29H35N3O4S/c1-5-26(29(34)30-4)31(19-18-24-12-8-6-9-13-24)28(33)21-32(27-20-22(2)16-17-23(27)3)37(35,36)25-14-10-7-11-15-25/h6-17,20,26H,5,18-19,21H2,1-4H3,(H,30,34)/t26-/m1/s1. The van der Waals surface area contributed by atoms with Gasteiger partial charge in [-0.15, -0.1) is 0 Å². The number of nitrogens with one attached hydrogen (secondary N) is 1. The number of hydrogen-bond acceptors (Lipinski definition) is 4. The van der Waals surface area contributed by atoms with Crippen LogP contribution in [-0.2, 0) is 26.0 Å². The Balaban J connectivity index is 2.03. The van der Waals surface area contributed by atoms with E-state index in [0.29, 0.717) is 18.5 Å². The highest BCUT2D eigenvalue weighted by Gasteiger charge is 2.33. The first-order valence-electron chi connectivity index (χ1n) is 12.4. The second kappa shape index (κ2) is 12.5. The fraction of sp³-hybridized carbons (Fsp3) is 0.310. The highest BCUT2D eigenvalue weighted by Crippen LogP contribution is 2.28. The van der Waals surface area contributed by atoms with Gasteiger partial charge in [-0.2, -0.15) is 0 Å². The lowest BCUT2D eigenvalue weighted by molar-refractivity contribution is -0.139. The van der Waals surface area contributed by atoms with E-state index in [1.165, 1.54) is 28.4 Å². The van der Waals surface area contributed by atoms with Crippen molar-refractivity contribution in [1.29, 1.82) is 0 Å². The Morgan fingerprint density at radius 1 is 0.919 bits per heavy atom. The van der Waals surface area contributed by atoms with Gasteiger partial charge in [-0.3, -0.25) is 13.9 Å². The van der Waals surface area contributed by atoms with Gasteiger partial charge >= 0.3 is 0 Å². The van der Waals surface area contributed by atoms with E-state index in [4.69, 9.17) is 0 Å². The molecule has 0 spiro atoms. The van der Waals surface area contributed by atoms with Crippen LogP contribution in [-0.4, -0.2) is 51.3 Å². The lowest BCUT2D eigenvalue weighted by Gasteiger charge is -2.33. The molecule has 2 amide bonds. The van der Waals surface area contributed by atoms with Crippen LogP contribution in [0.2, 0.25) is 0 Å². The fourth-order valence-electron chi connectivity index (χ4n) is 4.28. The topological polar surface area (TPSA) is 86.8 Å². The number of benzene rings is 3. The second-order valence-electron chi connectivity index (χ2n) is 8.98. The maximum Gasteiger partial charge on any atom is 0.264 e. The first-order chi connectivity index (χ1) is 17.7. The summed E-state index contributed by atoms with van der Waals surface area (Å²) in [5.74, 6) is -0.722.